The molecule has 2 aromatic rings. The number of pyridine rings is 1. The molecule has 158 valence electrons. The summed E-state index contributed by atoms with van der Waals surface area (Å²) in [5.41, 5.74) is 2.27. The van der Waals surface area contributed by atoms with Crippen LogP contribution in [0.15, 0.2) is 53.8 Å². The average Bonchev–Trinajstić information content (AvgIpc) is 2.75. The summed E-state index contributed by atoms with van der Waals surface area (Å²) < 4.78 is 18.8. The fourth-order valence-corrected chi connectivity index (χ4v) is 3.32. The summed E-state index contributed by atoms with van der Waals surface area (Å²) in [5, 5.41) is 6.76. The average molecular weight is 513 g/mol. The first-order chi connectivity index (χ1) is 13.8. The maximum atomic E-state index is 13.4. The number of guanidine groups is 1. The monoisotopic (exact) mass is 513 g/mol. The van der Waals surface area contributed by atoms with E-state index in [0.29, 0.717) is 6.54 Å². The highest BCUT2D eigenvalue weighted by atomic mass is 127. The zero-order valence-corrected chi connectivity index (χ0v) is 19.0. The molecule has 0 aliphatic carbocycles. The number of hydrogen-bond acceptors (Lipinski definition) is 4. The SMILES string of the molecule is CN=C(NCCc1cccnc1)NCC(c1ccc(F)cc1)N1CCOCC1.I. The zero-order chi connectivity index (χ0) is 19.6. The van der Waals surface area contributed by atoms with Crippen LogP contribution in [0.5, 0.6) is 0 Å². The van der Waals surface area contributed by atoms with Gasteiger partial charge in [0.05, 0.1) is 19.3 Å². The molecule has 1 saturated heterocycles. The number of rotatable bonds is 7. The number of hydrogen-bond donors (Lipinski definition) is 2. The molecular weight excluding hydrogens is 484 g/mol. The molecule has 2 heterocycles. The van der Waals surface area contributed by atoms with Crippen molar-refractivity contribution in [2.75, 3.05) is 46.4 Å². The summed E-state index contributed by atoms with van der Waals surface area (Å²) in [6.45, 7) is 4.60. The molecule has 1 aliphatic rings. The molecular formula is C21H29FIN5O. The Kier molecular flexibility index (Phi) is 10.3. The number of morpholine rings is 1. The number of benzene rings is 1. The highest BCUT2D eigenvalue weighted by Gasteiger charge is 2.23. The van der Waals surface area contributed by atoms with E-state index in [4.69, 9.17) is 4.74 Å². The number of halogens is 2. The lowest BCUT2D eigenvalue weighted by atomic mass is 10.0. The topological polar surface area (TPSA) is 61.8 Å². The van der Waals surface area contributed by atoms with E-state index in [1.807, 2.05) is 24.4 Å². The van der Waals surface area contributed by atoms with Crippen LogP contribution in [0, 0.1) is 5.82 Å². The molecule has 8 heteroatoms. The molecule has 1 aromatic carbocycles. The third-order valence-electron chi connectivity index (χ3n) is 4.86. The normalized spacial score (nSPS) is 16.0. The quantitative estimate of drug-likeness (QED) is 0.339. The van der Waals surface area contributed by atoms with Gasteiger partial charge in [0.1, 0.15) is 5.82 Å². The fourth-order valence-electron chi connectivity index (χ4n) is 3.32. The van der Waals surface area contributed by atoms with Crippen molar-refractivity contribution in [1.29, 1.82) is 0 Å². The van der Waals surface area contributed by atoms with E-state index < -0.39 is 0 Å². The van der Waals surface area contributed by atoms with Crippen molar-refractivity contribution >= 4 is 29.9 Å². The van der Waals surface area contributed by atoms with Crippen molar-refractivity contribution in [3.05, 3.63) is 65.7 Å². The zero-order valence-electron chi connectivity index (χ0n) is 16.7. The Morgan fingerprint density at radius 3 is 2.62 bits per heavy atom. The molecule has 29 heavy (non-hydrogen) atoms. The Balaban J connectivity index is 0.00000300. The van der Waals surface area contributed by atoms with Gasteiger partial charge in [-0.3, -0.25) is 14.9 Å². The number of ether oxygens (including phenoxy) is 1. The molecule has 6 nitrogen and oxygen atoms in total. The Hall–Kier alpha value is -1.78. The van der Waals surface area contributed by atoms with Crippen molar-refractivity contribution in [2.24, 2.45) is 4.99 Å². The summed E-state index contributed by atoms with van der Waals surface area (Å²) in [4.78, 5) is 10.8. The third kappa shape index (κ3) is 7.52. The Morgan fingerprint density at radius 2 is 1.97 bits per heavy atom. The van der Waals surface area contributed by atoms with Crippen LogP contribution in [-0.2, 0) is 11.2 Å². The molecule has 0 bridgehead atoms. The van der Waals surface area contributed by atoms with Crippen LogP contribution >= 0.6 is 24.0 Å². The second-order valence-corrected chi connectivity index (χ2v) is 6.71. The van der Waals surface area contributed by atoms with Gasteiger partial charge in [0.15, 0.2) is 5.96 Å². The van der Waals surface area contributed by atoms with E-state index in [0.717, 1.165) is 50.8 Å². The van der Waals surface area contributed by atoms with Crippen LogP contribution < -0.4 is 10.6 Å². The van der Waals surface area contributed by atoms with E-state index in [1.54, 1.807) is 13.2 Å². The molecule has 1 aliphatic heterocycles. The first-order valence-corrected chi connectivity index (χ1v) is 9.67. The van der Waals surface area contributed by atoms with Gasteiger partial charge < -0.3 is 15.4 Å². The van der Waals surface area contributed by atoms with Crippen molar-refractivity contribution in [2.45, 2.75) is 12.5 Å². The highest BCUT2D eigenvalue weighted by molar-refractivity contribution is 14.0. The van der Waals surface area contributed by atoms with E-state index >= 15 is 0 Å². The van der Waals surface area contributed by atoms with Crippen molar-refractivity contribution < 1.29 is 9.13 Å². The van der Waals surface area contributed by atoms with Gasteiger partial charge in [0.2, 0.25) is 0 Å². The molecule has 0 spiro atoms. The van der Waals surface area contributed by atoms with Gasteiger partial charge in [-0.25, -0.2) is 4.39 Å². The Morgan fingerprint density at radius 1 is 1.21 bits per heavy atom. The number of aromatic nitrogens is 1. The first kappa shape index (κ1) is 23.5. The first-order valence-electron chi connectivity index (χ1n) is 9.67. The van der Waals surface area contributed by atoms with E-state index in [-0.39, 0.29) is 35.8 Å². The summed E-state index contributed by atoms with van der Waals surface area (Å²) in [5.74, 6) is 0.537. The predicted octanol–water partition coefficient (Wildman–Crippen LogP) is 2.62. The predicted molar refractivity (Wildman–Crippen MR) is 124 cm³/mol. The van der Waals surface area contributed by atoms with Crippen LogP contribution in [0.3, 0.4) is 0 Å². The lowest BCUT2D eigenvalue weighted by Crippen LogP contribution is -2.46. The number of nitrogens with zero attached hydrogens (tertiary/aromatic N) is 3. The second-order valence-electron chi connectivity index (χ2n) is 6.71. The van der Waals surface area contributed by atoms with Crippen LogP contribution in [0.4, 0.5) is 4.39 Å². The lowest BCUT2D eigenvalue weighted by Gasteiger charge is -2.35. The Bertz CT molecular complexity index is 738. The van der Waals surface area contributed by atoms with Crippen LogP contribution in [-0.4, -0.2) is 62.3 Å². The summed E-state index contributed by atoms with van der Waals surface area (Å²) >= 11 is 0. The summed E-state index contributed by atoms with van der Waals surface area (Å²) in [6.07, 6.45) is 4.53. The maximum Gasteiger partial charge on any atom is 0.191 e. The fraction of sp³-hybridized carbons (Fsp3) is 0.429. The van der Waals surface area contributed by atoms with Gasteiger partial charge in [-0.15, -0.1) is 24.0 Å². The summed E-state index contributed by atoms with van der Waals surface area (Å²) in [6, 6.07) is 10.9. The minimum atomic E-state index is -0.217. The second kappa shape index (κ2) is 12.7. The van der Waals surface area contributed by atoms with Gasteiger partial charge in [-0.2, -0.15) is 0 Å². The third-order valence-corrected chi connectivity index (χ3v) is 4.86. The molecule has 0 radical (unpaired) electrons. The van der Waals surface area contributed by atoms with E-state index in [9.17, 15) is 4.39 Å². The largest absolute Gasteiger partial charge is 0.379 e. The van der Waals surface area contributed by atoms with E-state index in [2.05, 4.69) is 31.6 Å². The van der Waals surface area contributed by atoms with Gasteiger partial charge in [-0.1, -0.05) is 18.2 Å². The minimum Gasteiger partial charge on any atom is -0.379 e. The molecule has 2 N–H and O–H groups in total. The molecule has 1 unspecified atom stereocenters. The van der Waals surface area contributed by atoms with Crippen LogP contribution in [0.2, 0.25) is 0 Å². The van der Waals surface area contributed by atoms with Crippen molar-refractivity contribution in [3.63, 3.8) is 0 Å². The molecule has 3 rings (SSSR count). The van der Waals surface area contributed by atoms with Crippen molar-refractivity contribution in [3.8, 4) is 0 Å². The van der Waals surface area contributed by atoms with Gasteiger partial charge >= 0.3 is 0 Å². The number of nitrogens with one attached hydrogen (secondary N) is 2. The highest BCUT2D eigenvalue weighted by Crippen LogP contribution is 2.21. The minimum absolute atomic E-state index is 0. The molecule has 1 atom stereocenters. The van der Waals surface area contributed by atoms with Crippen LogP contribution in [0.25, 0.3) is 0 Å². The lowest BCUT2D eigenvalue weighted by molar-refractivity contribution is 0.0170. The summed E-state index contributed by atoms with van der Waals surface area (Å²) in [7, 11) is 1.76. The van der Waals surface area contributed by atoms with E-state index in [1.165, 1.54) is 17.7 Å². The standard InChI is InChI=1S/C21H28FN5O.HI/c1-23-21(25-10-8-17-3-2-9-24-15-17)26-16-20(27-11-13-28-14-12-27)18-4-6-19(22)7-5-18;/h2-7,9,15,20H,8,10-14,16H2,1H3,(H2,23,25,26);1H. The molecule has 1 aromatic heterocycles. The van der Waals surface area contributed by atoms with Gasteiger partial charge in [0.25, 0.3) is 0 Å². The van der Waals surface area contributed by atoms with Gasteiger partial charge in [-0.05, 0) is 35.7 Å². The smallest absolute Gasteiger partial charge is 0.191 e. The van der Waals surface area contributed by atoms with Gasteiger partial charge in [0, 0.05) is 45.6 Å². The molecule has 0 amide bonds. The number of aliphatic imine (C=N–C) groups is 1. The molecule has 1 fully saturated rings. The van der Waals surface area contributed by atoms with Crippen LogP contribution in [0.1, 0.15) is 17.2 Å². The maximum absolute atomic E-state index is 13.4. The molecule has 0 saturated carbocycles. The Labute approximate surface area is 189 Å². The van der Waals surface area contributed by atoms with Crippen molar-refractivity contribution in [1.82, 2.24) is 20.5 Å².